The van der Waals surface area contributed by atoms with Gasteiger partial charge in [0.15, 0.2) is 11.5 Å². The number of rotatable bonds is 2. The van der Waals surface area contributed by atoms with Gasteiger partial charge in [-0.15, -0.1) is 0 Å². The summed E-state index contributed by atoms with van der Waals surface area (Å²) in [6.07, 6.45) is 2.73. The largest absolute Gasteiger partial charge is 0.490 e. The van der Waals surface area contributed by atoms with Gasteiger partial charge in [-0.25, -0.2) is 4.98 Å². The van der Waals surface area contributed by atoms with Crippen LogP contribution >= 0.6 is 15.9 Å². The van der Waals surface area contributed by atoms with Crippen LogP contribution in [-0.2, 0) is 0 Å². The second kappa shape index (κ2) is 5.71. The fraction of sp³-hybridized carbons (Fsp3) is 0.267. The number of halogens is 1. The summed E-state index contributed by atoms with van der Waals surface area (Å²) in [7, 11) is 0. The van der Waals surface area contributed by atoms with Crippen molar-refractivity contribution in [2.45, 2.75) is 13.3 Å². The third-order valence-electron chi connectivity index (χ3n) is 2.99. The van der Waals surface area contributed by atoms with Crippen molar-refractivity contribution in [3.8, 4) is 11.5 Å². The van der Waals surface area contributed by atoms with E-state index in [2.05, 4.69) is 26.2 Å². The molecule has 0 amide bonds. The molecule has 1 N–H and O–H groups in total. The molecule has 2 heterocycles. The van der Waals surface area contributed by atoms with Crippen molar-refractivity contribution in [1.82, 2.24) is 4.98 Å². The van der Waals surface area contributed by atoms with Gasteiger partial charge >= 0.3 is 0 Å². The van der Waals surface area contributed by atoms with Crippen molar-refractivity contribution in [3.63, 3.8) is 0 Å². The Morgan fingerprint density at radius 2 is 1.95 bits per heavy atom. The third kappa shape index (κ3) is 2.88. The van der Waals surface area contributed by atoms with Crippen LogP contribution in [0.5, 0.6) is 11.5 Å². The van der Waals surface area contributed by atoms with Crippen molar-refractivity contribution in [2.75, 3.05) is 18.5 Å². The molecule has 0 saturated heterocycles. The van der Waals surface area contributed by atoms with Crippen LogP contribution in [0.15, 0.2) is 34.9 Å². The summed E-state index contributed by atoms with van der Waals surface area (Å²) in [5, 5.41) is 3.28. The van der Waals surface area contributed by atoms with E-state index in [0.29, 0.717) is 13.2 Å². The molecule has 1 aromatic heterocycles. The van der Waals surface area contributed by atoms with Gasteiger partial charge in [-0.3, -0.25) is 0 Å². The minimum atomic E-state index is 0.683. The van der Waals surface area contributed by atoms with E-state index in [1.54, 1.807) is 0 Å². The second-order valence-electron chi connectivity index (χ2n) is 4.68. The molecule has 3 rings (SSSR count). The Morgan fingerprint density at radius 3 is 2.75 bits per heavy atom. The van der Waals surface area contributed by atoms with Crippen molar-refractivity contribution in [2.24, 2.45) is 0 Å². The molecular weight excluding hydrogens is 320 g/mol. The monoisotopic (exact) mass is 334 g/mol. The lowest BCUT2D eigenvalue weighted by Gasteiger charge is -2.11. The summed E-state index contributed by atoms with van der Waals surface area (Å²) in [5.41, 5.74) is 2.03. The number of aromatic nitrogens is 1. The van der Waals surface area contributed by atoms with Crippen molar-refractivity contribution >= 4 is 27.4 Å². The maximum Gasteiger partial charge on any atom is 0.163 e. The van der Waals surface area contributed by atoms with E-state index < -0.39 is 0 Å². The van der Waals surface area contributed by atoms with Crippen molar-refractivity contribution in [3.05, 3.63) is 40.5 Å². The molecule has 104 valence electrons. The van der Waals surface area contributed by atoms with E-state index in [-0.39, 0.29) is 0 Å². The zero-order chi connectivity index (χ0) is 13.9. The first-order valence-corrected chi connectivity index (χ1v) is 7.30. The quantitative estimate of drug-likeness (QED) is 0.899. The van der Waals surface area contributed by atoms with Crippen LogP contribution in [0.4, 0.5) is 11.5 Å². The van der Waals surface area contributed by atoms with E-state index in [1.807, 2.05) is 37.4 Å². The highest BCUT2D eigenvalue weighted by molar-refractivity contribution is 9.10. The number of benzene rings is 1. The number of pyridine rings is 1. The summed E-state index contributed by atoms with van der Waals surface area (Å²) in [6, 6.07) is 7.85. The fourth-order valence-corrected chi connectivity index (χ4v) is 2.57. The molecule has 2 aromatic rings. The minimum Gasteiger partial charge on any atom is -0.490 e. The number of anilines is 2. The molecule has 0 atom stereocenters. The van der Waals surface area contributed by atoms with Gasteiger partial charge in [-0.2, -0.15) is 0 Å². The van der Waals surface area contributed by atoms with Gasteiger partial charge in [0.05, 0.1) is 17.7 Å². The SMILES string of the molecule is Cc1cnc(Nc2ccc3c(c2)OCCCO3)c(Br)c1. The Hall–Kier alpha value is -1.75. The third-order valence-corrected chi connectivity index (χ3v) is 3.59. The standard InChI is InChI=1S/C15H15BrN2O2/c1-10-7-12(16)15(17-9-10)18-11-3-4-13-14(8-11)20-6-2-5-19-13/h3-4,7-9H,2,5-6H2,1H3,(H,17,18). The Labute approximate surface area is 126 Å². The number of nitrogens with zero attached hydrogens (tertiary/aromatic N) is 1. The topological polar surface area (TPSA) is 43.4 Å². The zero-order valence-electron chi connectivity index (χ0n) is 11.1. The maximum atomic E-state index is 5.68. The number of aryl methyl sites for hydroxylation is 1. The summed E-state index contributed by atoms with van der Waals surface area (Å²) in [4.78, 5) is 4.37. The summed E-state index contributed by atoms with van der Waals surface area (Å²) in [6.45, 7) is 3.39. The predicted octanol–water partition coefficient (Wildman–Crippen LogP) is 4.06. The van der Waals surface area contributed by atoms with Crippen molar-refractivity contribution < 1.29 is 9.47 Å². The van der Waals surface area contributed by atoms with E-state index in [0.717, 1.165) is 39.5 Å². The van der Waals surface area contributed by atoms with Crippen LogP contribution in [-0.4, -0.2) is 18.2 Å². The lowest BCUT2D eigenvalue weighted by molar-refractivity contribution is 0.297. The van der Waals surface area contributed by atoms with Gasteiger partial charge in [0.25, 0.3) is 0 Å². The molecule has 4 nitrogen and oxygen atoms in total. The number of ether oxygens (including phenoxy) is 2. The average molecular weight is 335 g/mol. The number of nitrogens with one attached hydrogen (secondary N) is 1. The Balaban J connectivity index is 1.86. The molecule has 0 unspecified atom stereocenters. The molecule has 0 radical (unpaired) electrons. The van der Waals surface area contributed by atoms with Gasteiger partial charge in [-0.05, 0) is 46.6 Å². The fourth-order valence-electron chi connectivity index (χ4n) is 2.00. The van der Waals surface area contributed by atoms with Gasteiger partial charge in [0, 0.05) is 24.4 Å². The van der Waals surface area contributed by atoms with E-state index in [9.17, 15) is 0 Å². The molecule has 5 heteroatoms. The van der Waals surface area contributed by atoms with Crippen LogP contribution in [0.3, 0.4) is 0 Å². The molecule has 20 heavy (non-hydrogen) atoms. The molecule has 1 aliphatic rings. The first kappa shape index (κ1) is 13.2. The van der Waals surface area contributed by atoms with E-state index in [1.165, 1.54) is 0 Å². The Kier molecular flexibility index (Phi) is 3.78. The Morgan fingerprint density at radius 1 is 1.15 bits per heavy atom. The van der Waals surface area contributed by atoms with Crippen molar-refractivity contribution in [1.29, 1.82) is 0 Å². The highest BCUT2D eigenvalue weighted by Gasteiger charge is 2.11. The van der Waals surface area contributed by atoms with Gasteiger partial charge in [0.1, 0.15) is 5.82 Å². The molecule has 0 saturated carbocycles. The summed E-state index contributed by atoms with van der Waals surface area (Å²) < 4.78 is 12.2. The predicted molar refractivity (Wildman–Crippen MR) is 82.0 cm³/mol. The smallest absolute Gasteiger partial charge is 0.163 e. The number of hydrogen-bond donors (Lipinski definition) is 1. The number of fused-ring (bicyclic) bond motifs is 1. The molecule has 1 aromatic carbocycles. The summed E-state index contributed by atoms with van der Waals surface area (Å²) >= 11 is 3.51. The first-order chi connectivity index (χ1) is 9.72. The summed E-state index contributed by atoms with van der Waals surface area (Å²) in [5.74, 6) is 2.35. The maximum absolute atomic E-state index is 5.68. The molecule has 0 bridgehead atoms. The van der Waals surface area contributed by atoms with E-state index in [4.69, 9.17) is 9.47 Å². The molecular formula is C15H15BrN2O2. The van der Waals surface area contributed by atoms with E-state index >= 15 is 0 Å². The van der Waals surface area contributed by atoms with Gasteiger partial charge in [-0.1, -0.05) is 0 Å². The van der Waals surface area contributed by atoms with Gasteiger partial charge in [0.2, 0.25) is 0 Å². The van der Waals surface area contributed by atoms with Crippen LogP contribution in [0, 0.1) is 6.92 Å². The van der Waals surface area contributed by atoms with Crippen LogP contribution in [0.2, 0.25) is 0 Å². The second-order valence-corrected chi connectivity index (χ2v) is 5.53. The Bertz CT molecular complexity index is 631. The normalized spacial score (nSPS) is 13.7. The van der Waals surface area contributed by atoms with Crippen LogP contribution in [0.25, 0.3) is 0 Å². The molecule has 0 spiro atoms. The lowest BCUT2D eigenvalue weighted by Crippen LogP contribution is -1.97. The highest BCUT2D eigenvalue weighted by atomic mass is 79.9. The van der Waals surface area contributed by atoms with Crippen LogP contribution < -0.4 is 14.8 Å². The minimum absolute atomic E-state index is 0.683. The van der Waals surface area contributed by atoms with Crippen LogP contribution in [0.1, 0.15) is 12.0 Å². The number of hydrogen-bond acceptors (Lipinski definition) is 4. The highest BCUT2D eigenvalue weighted by Crippen LogP contribution is 2.34. The molecule has 0 fully saturated rings. The van der Waals surface area contributed by atoms with Gasteiger partial charge < -0.3 is 14.8 Å². The molecule has 0 aliphatic carbocycles. The molecule has 1 aliphatic heterocycles. The zero-order valence-corrected chi connectivity index (χ0v) is 12.7. The average Bonchev–Trinajstić information content (AvgIpc) is 2.66. The first-order valence-electron chi connectivity index (χ1n) is 6.51. The lowest BCUT2D eigenvalue weighted by atomic mass is 10.2.